The van der Waals surface area contributed by atoms with Gasteiger partial charge in [0, 0.05) is 6.54 Å². The highest BCUT2D eigenvalue weighted by Crippen LogP contribution is 2.24. The molecule has 3 N–H and O–H groups in total. The van der Waals surface area contributed by atoms with Gasteiger partial charge >= 0.3 is 0 Å². The second kappa shape index (κ2) is 6.63. The molecule has 0 spiro atoms. The smallest absolute Gasteiger partial charge is 0.282 e. The summed E-state index contributed by atoms with van der Waals surface area (Å²) in [4.78, 5) is 4.14. The van der Waals surface area contributed by atoms with Gasteiger partial charge in [0.05, 0.1) is 12.1 Å². The predicted molar refractivity (Wildman–Crippen MR) is 75.9 cm³/mol. The molecular weight excluding hydrogens is 266 g/mol. The third-order valence-corrected chi connectivity index (χ3v) is 3.23. The van der Waals surface area contributed by atoms with Gasteiger partial charge in [0.15, 0.2) is 0 Å². The summed E-state index contributed by atoms with van der Waals surface area (Å²) < 4.78 is 10.3. The topological polar surface area (TPSA) is 68.9 Å². The molecule has 19 heavy (non-hydrogen) atoms. The molecule has 6 heteroatoms. The van der Waals surface area contributed by atoms with Gasteiger partial charge in [0.25, 0.3) is 6.02 Å². The number of hydrogen-bond donors (Lipinski definition) is 2. The lowest BCUT2D eigenvalue weighted by molar-refractivity contribution is 0.309. The van der Waals surface area contributed by atoms with E-state index in [2.05, 4.69) is 10.3 Å². The monoisotopic (exact) mass is 283 g/mol. The first kappa shape index (κ1) is 14.0. The van der Waals surface area contributed by atoms with Crippen LogP contribution in [0.3, 0.4) is 0 Å². The number of amidine groups is 1. The summed E-state index contributed by atoms with van der Waals surface area (Å²) in [5.41, 5.74) is 6.62. The molecule has 0 aromatic heterocycles. The van der Waals surface area contributed by atoms with E-state index in [0.717, 1.165) is 19.5 Å². The lowest BCUT2D eigenvalue weighted by Crippen LogP contribution is -2.28. The Kier molecular flexibility index (Phi) is 4.87. The fraction of sp³-hybridized carbons (Fsp3) is 0.462. The number of nitrogens with two attached hydrogens (primary N) is 1. The fourth-order valence-electron chi connectivity index (χ4n) is 1.90. The Labute approximate surface area is 117 Å². The molecular formula is C13H18ClN3O2. The van der Waals surface area contributed by atoms with Crippen LogP contribution >= 0.6 is 11.6 Å². The zero-order valence-electron chi connectivity index (χ0n) is 10.9. The maximum Gasteiger partial charge on any atom is 0.282 e. The van der Waals surface area contributed by atoms with Crippen LogP contribution in [0.25, 0.3) is 0 Å². The van der Waals surface area contributed by atoms with Gasteiger partial charge in [0.2, 0.25) is 0 Å². The number of hydrogen-bond acceptors (Lipinski definition) is 5. The number of halogens is 1. The number of aliphatic imine (C=N–C) groups is 1. The standard InChI is InChI=1S/C13H18ClN3O2/c1-18-12-6-9(2-3-11(12)14)4-5-16-7-10-8-19-13(15)17-10/h2-3,6,10,16H,4-5,7-8H2,1H3,(H2,15,17)/t10-/m1/s1. The van der Waals surface area contributed by atoms with Crippen molar-refractivity contribution >= 4 is 17.6 Å². The number of nitrogens with zero attached hydrogens (tertiary/aromatic N) is 1. The molecule has 0 bridgehead atoms. The SMILES string of the molecule is COc1cc(CCNC[C@@H]2COC(N)=N2)ccc1Cl. The van der Waals surface area contributed by atoms with E-state index in [1.807, 2.05) is 18.2 Å². The van der Waals surface area contributed by atoms with Crippen molar-refractivity contribution in [2.75, 3.05) is 26.8 Å². The van der Waals surface area contributed by atoms with E-state index in [1.165, 1.54) is 5.56 Å². The lowest BCUT2D eigenvalue weighted by atomic mass is 10.1. The van der Waals surface area contributed by atoms with Crippen LogP contribution in [0.4, 0.5) is 0 Å². The molecule has 0 unspecified atom stereocenters. The van der Waals surface area contributed by atoms with E-state index < -0.39 is 0 Å². The van der Waals surface area contributed by atoms with Gasteiger partial charge in [-0.15, -0.1) is 0 Å². The molecule has 0 saturated carbocycles. The van der Waals surface area contributed by atoms with Crippen LogP contribution in [0, 0.1) is 0 Å². The normalized spacial score (nSPS) is 18.0. The highest BCUT2D eigenvalue weighted by molar-refractivity contribution is 6.32. The van der Waals surface area contributed by atoms with Crippen molar-refractivity contribution in [1.29, 1.82) is 0 Å². The van der Waals surface area contributed by atoms with Crippen LogP contribution in [-0.4, -0.2) is 38.9 Å². The largest absolute Gasteiger partial charge is 0.495 e. The number of benzene rings is 1. The first-order valence-corrected chi connectivity index (χ1v) is 6.56. The van der Waals surface area contributed by atoms with E-state index in [-0.39, 0.29) is 12.1 Å². The quantitative estimate of drug-likeness (QED) is 0.770. The predicted octanol–water partition coefficient (Wildman–Crippen LogP) is 1.19. The zero-order chi connectivity index (χ0) is 13.7. The summed E-state index contributed by atoms with van der Waals surface area (Å²) in [7, 11) is 1.62. The van der Waals surface area contributed by atoms with Crippen molar-refractivity contribution in [1.82, 2.24) is 5.32 Å². The van der Waals surface area contributed by atoms with Gasteiger partial charge in [-0.3, -0.25) is 0 Å². The number of nitrogens with one attached hydrogen (secondary N) is 1. The minimum absolute atomic E-state index is 0.125. The molecule has 104 valence electrons. The highest BCUT2D eigenvalue weighted by Gasteiger charge is 2.15. The highest BCUT2D eigenvalue weighted by atomic mass is 35.5. The van der Waals surface area contributed by atoms with Gasteiger partial charge in [-0.2, -0.15) is 0 Å². The Morgan fingerprint density at radius 1 is 1.58 bits per heavy atom. The molecule has 2 rings (SSSR count). The van der Waals surface area contributed by atoms with E-state index in [1.54, 1.807) is 7.11 Å². The molecule has 5 nitrogen and oxygen atoms in total. The van der Waals surface area contributed by atoms with E-state index >= 15 is 0 Å². The van der Waals surface area contributed by atoms with Crippen LogP contribution in [0.2, 0.25) is 5.02 Å². The number of methoxy groups -OCH3 is 1. The molecule has 1 atom stereocenters. The maximum absolute atomic E-state index is 5.98. The number of rotatable bonds is 6. The van der Waals surface area contributed by atoms with E-state index in [0.29, 0.717) is 17.4 Å². The van der Waals surface area contributed by atoms with Crippen LogP contribution in [0.1, 0.15) is 5.56 Å². The summed E-state index contributed by atoms with van der Waals surface area (Å²) in [5.74, 6) is 0.709. The van der Waals surface area contributed by atoms with Crippen LogP contribution in [-0.2, 0) is 11.2 Å². The van der Waals surface area contributed by atoms with Crippen molar-refractivity contribution < 1.29 is 9.47 Å². The van der Waals surface area contributed by atoms with Gasteiger partial charge in [-0.1, -0.05) is 17.7 Å². The molecule has 0 radical (unpaired) electrons. The zero-order valence-corrected chi connectivity index (χ0v) is 11.6. The maximum atomic E-state index is 5.98. The summed E-state index contributed by atoms with van der Waals surface area (Å²) >= 11 is 5.98. The Balaban J connectivity index is 1.73. The summed E-state index contributed by atoms with van der Waals surface area (Å²) in [6.45, 7) is 2.19. The number of ether oxygens (including phenoxy) is 2. The third-order valence-electron chi connectivity index (χ3n) is 2.92. The summed E-state index contributed by atoms with van der Waals surface area (Å²) in [5, 5.41) is 3.96. The van der Waals surface area contributed by atoms with Crippen molar-refractivity contribution in [3.63, 3.8) is 0 Å². The van der Waals surface area contributed by atoms with E-state index in [4.69, 9.17) is 26.8 Å². The summed E-state index contributed by atoms with van der Waals surface area (Å²) in [6.07, 6.45) is 0.903. The van der Waals surface area contributed by atoms with Gasteiger partial charge in [-0.25, -0.2) is 4.99 Å². The molecule has 0 amide bonds. The van der Waals surface area contributed by atoms with Crippen molar-refractivity contribution in [2.45, 2.75) is 12.5 Å². The first-order valence-electron chi connectivity index (χ1n) is 6.18. The molecule has 1 heterocycles. The Morgan fingerprint density at radius 2 is 2.42 bits per heavy atom. The van der Waals surface area contributed by atoms with Crippen LogP contribution < -0.4 is 15.8 Å². The molecule has 0 fully saturated rings. The van der Waals surface area contributed by atoms with Crippen LogP contribution in [0.5, 0.6) is 5.75 Å². The lowest BCUT2D eigenvalue weighted by Gasteiger charge is -2.09. The molecule has 1 aromatic carbocycles. The third kappa shape index (κ3) is 4.01. The molecule has 0 aliphatic carbocycles. The molecule has 1 aromatic rings. The Hall–Kier alpha value is -1.46. The fourth-order valence-corrected chi connectivity index (χ4v) is 2.10. The minimum Gasteiger partial charge on any atom is -0.495 e. The average molecular weight is 284 g/mol. The molecule has 1 aliphatic rings. The van der Waals surface area contributed by atoms with Gasteiger partial charge < -0.3 is 20.5 Å². The second-order valence-corrected chi connectivity index (χ2v) is 4.76. The summed E-state index contributed by atoms with van der Waals surface area (Å²) in [6, 6.07) is 6.22. The van der Waals surface area contributed by atoms with Crippen LogP contribution in [0.15, 0.2) is 23.2 Å². The van der Waals surface area contributed by atoms with Crippen molar-refractivity contribution in [3.05, 3.63) is 28.8 Å². The minimum atomic E-state index is 0.125. The van der Waals surface area contributed by atoms with Crippen molar-refractivity contribution in [3.8, 4) is 5.75 Å². The molecule has 0 saturated heterocycles. The van der Waals surface area contributed by atoms with E-state index in [9.17, 15) is 0 Å². The first-order chi connectivity index (χ1) is 9.19. The Bertz CT molecular complexity index is 465. The molecule has 1 aliphatic heterocycles. The van der Waals surface area contributed by atoms with Gasteiger partial charge in [-0.05, 0) is 30.7 Å². The van der Waals surface area contributed by atoms with Crippen molar-refractivity contribution in [2.24, 2.45) is 10.7 Å². The second-order valence-electron chi connectivity index (χ2n) is 4.36. The van der Waals surface area contributed by atoms with Gasteiger partial charge in [0.1, 0.15) is 18.4 Å². The Morgan fingerprint density at radius 3 is 3.11 bits per heavy atom. The average Bonchev–Trinajstić information content (AvgIpc) is 2.82.